The van der Waals surface area contributed by atoms with Gasteiger partial charge in [0.15, 0.2) is 0 Å². The third-order valence-electron chi connectivity index (χ3n) is 5.87. The molecule has 1 aliphatic rings. The van der Waals surface area contributed by atoms with Crippen LogP contribution >= 0.6 is 0 Å². The summed E-state index contributed by atoms with van der Waals surface area (Å²) in [4.78, 5) is 24.0. The Morgan fingerprint density at radius 2 is 1.62 bits per heavy atom. The lowest BCUT2D eigenvalue weighted by atomic mass is 9.98. The van der Waals surface area contributed by atoms with Crippen LogP contribution in [0, 0.1) is 0 Å². The fourth-order valence-electron chi connectivity index (χ4n) is 4.22. The molecule has 1 N–H and O–H groups in total. The van der Waals surface area contributed by atoms with Crippen molar-refractivity contribution in [1.29, 1.82) is 0 Å². The summed E-state index contributed by atoms with van der Waals surface area (Å²) in [6.07, 6.45) is 4.05. The standard InChI is InChI=1S/C28H27NO5/c1-32-26-17-19(14-15-24(26)27(30)33-2)9-7-8-16-29-28(31)34-18-25-22-12-5-3-10-20(22)21-11-4-6-13-23(21)25/h3-7,9-15,17,25H,8,16,18H2,1-2H3,(H,29,31). The van der Waals surface area contributed by atoms with E-state index in [2.05, 4.69) is 29.6 Å². The predicted octanol–water partition coefficient (Wildman–Crippen LogP) is 5.42. The minimum absolute atomic E-state index is 0.0426. The van der Waals surface area contributed by atoms with E-state index in [-0.39, 0.29) is 5.92 Å². The van der Waals surface area contributed by atoms with Crippen molar-refractivity contribution in [3.05, 3.63) is 95.1 Å². The number of alkyl carbamates (subject to hydrolysis) is 1. The highest BCUT2D eigenvalue weighted by molar-refractivity contribution is 5.92. The second-order valence-corrected chi connectivity index (χ2v) is 7.89. The Bertz CT molecular complexity index is 1170. The lowest BCUT2D eigenvalue weighted by molar-refractivity contribution is 0.0597. The summed E-state index contributed by atoms with van der Waals surface area (Å²) >= 11 is 0. The Hall–Kier alpha value is -4.06. The second-order valence-electron chi connectivity index (χ2n) is 7.89. The summed E-state index contributed by atoms with van der Waals surface area (Å²) in [6.45, 7) is 0.743. The molecule has 3 aromatic rings. The number of esters is 1. The summed E-state index contributed by atoms with van der Waals surface area (Å²) < 4.78 is 15.6. The smallest absolute Gasteiger partial charge is 0.407 e. The highest BCUT2D eigenvalue weighted by atomic mass is 16.5. The molecule has 4 rings (SSSR count). The number of rotatable bonds is 8. The van der Waals surface area contributed by atoms with Crippen LogP contribution in [0.25, 0.3) is 17.2 Å². The first kappa shape index (κ1) is 23.1. The maximum absolute atomic E-state index is 12.3. The number of hydrogen-bond acceptors (Lipinski definition) is 5. The third kappa shape index (κ3) is 4.96. The Kier molecular flexibility index (Phi) is 7.28. The van der Waals surface area contributed by atoms with Gasteiger partial charge in [0.2, 0.25) is 0 Å². The molecule has 0 aliphatic heterocycles. The van der Waals surface area contributed by atoms with Crippen molar-refractivity contribution in [2.45, 2.75) is 12.3 Å². The minimum atomic E-state index is -0.445. The molecule has 34 heavy (non-hydrogen) atoms. The van der Waals surface area contributed by atoms with E-state index in [1.807, 2.05) is 42.5 Å². The first-order valence-corrected chi connectivity index (χ1v) is 11.1. The maximum Gasteiger partial charge on any atom is 0.407 e. The molecule has 6 heteroatoms. The largest absolute Gasteiger partial charge is 0.496 e. The number of hydrogen-bond donors (Lipinski definition) is 1. The van der Waals surface area contributed by atoms with Crippen LogP contribution in [0.2, 0.25) is 0 Å². The van der Waals surface area contributed by atoms with Gasteiger partial charge in [-0.05, 0) is 46.4 Å². The normalized spacial score (nSPS) is 12.2. The van der Waals surface area contributed by atoms with Crippen LogP contribution in [0.1, 0.15) is 39.4 Å². The molecule has 0 fully saturated rings. The molecule has 0 bridgehead atoms. The molecular weight excluding hydrogens is 430 g/mol. The molecule has 1 aliphatic carbocycles. The quantitative estimate of drug-likeness (QED) is 0.361. The van der Waals surface area contributed by atoms with E-state index in [1.165, 1.54) is 36.5 Å². The Labute approximate surface area is 199 Å². The highest BCUT2D eigenvalue weighted by Gasteiger charge is 2.28. The van der Waals surface area contributed by atoms with Crippen LogP contribution in [-0.4, -0.2) is 39.4 Å². The van der Waals surface area contributed by atoms with E-state index >= 15 is 0 Å². The predicted molar refractivity (Wildman–Crippen MR) is 131 cm³/mol. The van der Waals surface area contributed by atoms with Gasteiger partial charge < -0.3 is 19.5 Å². The summed E-state index contributed by atoms with van der Waals surface area (Å²) in [5.41, 5.74) is 6.04. The van der Waals surface area contributed by atoms with Gasteiger partial charge in [0, 0.05) is 12.5 Å². The molecule has 0 saturated carbocycles. The monoisotopic (exact) mass is 457 g/mol. The van der Waals surface area contributed by atoms with Crippen molar-refractivity contribution >= 4 is 18.1 Å². The van der Waals surface area contributed by atoms with Crippen molar-refractivity contribution in [2.24, 2.45) is 0 Å². The molecule has 3 aromatic carbocycles. The first-order valence-electron chi connectivity index (χ1n) is 11.1. The van der Waals surface area contributed by atoms with Gasteiger partial charge in [-0.1, -0.05) is 66.7 Å². The Morgan fingerprint density at radius 1 is 0.941 bits per heavy atom. The highest BCUT2D eigenvalue weighted by Crippen LogP contribution is 2.44. The summed E-state index contributed by atoms with van der Waals surface area (Å²) in [5, 5.41) is 2.80. The summed E-state index contributed by atoms with van der Waals surface area (Å²) in [5.74, 6) is 0.0476. The molecule has 174 valence electrons. The van der Waals surface area contributed by atoms with Crippen LogP contribution in [0.15, 0.2) is 72.8 Å². The number of benzene rings is 3. The van der Waals surface area contributed by atoms with Crippen molar-refractivity contribution < 1.29 is 23.8 Å². The minimum Gasteiger partial charge on any atom is -0.496 e. The maximum atomic E-state index is 12.3. The zero-order valence-corrected chi connectivity index (χ0v) is 19.2. The Morgan fingerprint density at radius 3 is 2.26 bits per heavy atom. The van der Waals surface area contributed by atoms with Crippen LogP contribution < -0.4 is 10.1 Å². The fraction of sp³-hybridized carbons (Fsp3) is 0.214. The number of carbonyl (C=O) groups is 2. The first-order chi connectivity index (χ1) is 16.6. The van der Waals surface area contributed by atoms with Crippen molar-refractivity contribution in [3.63, 3.8) is 0 Å². The lowest BCUT2D eigenvalue weighted by Gasteiger charge is -2.14. The van der Waals surface area contributed by atoms with Crippen molar-refractivity contribution in [2.75, 3.05) is 27.4 Å². The van der Waals surface area contributed by atoms with Gasteiger partial charge >= 0.3 is 12.1 Å². The number of methoxy groups -OCH3 is 2. The molecule has 0 aromatic heterocycles. The van der Waals surface area contributed by atoms with Crippen LogP contribution in [-0.2, 0) is 9.47 Å². The van der Waals surface area contributed by atoms with Crippen molar-refractivity contribution in [3.8, 4) is 16.9 Å². The zero-order valence-electron chi connectivity index (χ0n) is 19.2. The number of carbonyl (C=O) groups excluding carboxylic acids is 2. The molecule has 0 atom stereocenters. The van der Waals surface area contributed by atoms with Crippen LogP contribution in [0.3, 0.4) is 0 Å². The average molecular weight is 458 g/mol. The van der Waals surface area contributed by atoms with Crippen LogP contribution in [0.4, 0.5) is 4.79 Å². The fourth-order valence-corrected chi connectivity index (χ4v) is 4.22. The van der Waals surface area contributed by atoms with Crippen molar-refractivity contribution in [1.82, 2.24) is 5.32 Å². The molecule has 0 unspecified atom stereocenters. The molecule has 0 saturated heterocycles. The summed E-state index contributed by atoms with van der Waals surface area (Å²) in [7, 11) is 2.84. The number of amides is 1. The average Bonchev–Trinajstić information content (AvgIpc) is 3.20. The molecule has 0 radical (unpaired) electrons. The SMILES string of the molecule is COC(=O)c1ccc(C=CCCNC(=O)OCC2c3ccccc3-c3ccccc32)cc1OC. The van der Waals surface area contributed by atoms with E-state index in [0.29, 0.717) is 30.9 Å². The lowest BCUT2D eigenvalue weighted by Crippen LogP contribution is -2.26. The third-order valence-corrected chi connectivity index (χ3v) is 5.87. The topological polar surface area (TPSA) is 73.9 Å². The summed E-state index contributed by atoms with van der Waals surface area (Å²) in [6, 6.07) is 21.7. The number of ether oxygens (including phenoxy) is 3. The van der Waals surface area contributed by atoms with E-state index in [9.17, 15) is 9.59 Å². The van der Waals surface area contributed by atoms with Gasteiger partial charge in [0.25, 0.3) is 0 Å². The molecule has 0 heterocycles. The van der Waals surface area contributed by atoms with Gasteiger partial charge in [0.1, 0.15) is 17.9 Å². The zero-order chi connectivity index (χ0) is 23.9. The van der Waals surface area contributed by atoms with Gasteiger partial charge in [-0.3, -0.25) is 0 Å². The van der Waals surface area contributed by atoms with E-state index in [1.54, 1.807) is 12.1 Å². The molecular formula is C28H27NO5. The van der Waals surface area contributed by atoms with E-state index in [4.69, 9.17) is 14.2 Å². The van der Waals surface area contributed by atoms with Gasteiger partial charge in [-0.15, -0.1) is 0 Å². The Balaban J connectivity index is 1.26. The molecule has 0 spiro atoms. The van der Waals surface area contributed by atoms with E-state index < -0.39 is 12.1 Å². The molecule has 1 amide bonds. The second kappa shape index (κ2) is 10.7. The van der Waals surface area contributed by atoms with Gasteiger partial charge in [0.05, 0.1) is 14.2 Å². The van der Waals surface area contributed by atoms with E-state index in [0.717, 1.165) is 5.56 Å². The molecule has 6 nitrogen and oxygen atoms in total. The number of nitrogens with one attached hydrogen (secondary N) is 1. The number of fused-ring (bicyclic) bond motifs is 3. The van der Waals surface area contributed by atoms with Crippen LogP contribution in [0.5, 0.6) is 5.75 Å². The van der Waals surface area contributed by atoms with Gasteiger partial charge in [-0.25, -0.2) is 9.59 Å². The van der Waals surface area contributed by atoms with Gasteiger partial charge in [-0.2, -0.15) is 0 Å².